The molecule has 1 aliphatic carbocycles. The largest absolute Gasteiger partial charge is 0.480 e. The third-order valence-electron chi connectivity index (χ3n) is 4.18. The fourth-order valence-electron chi connectivity index (χ4n) is 2.89. The third-order valence-corrected chi connectivity index (χ3v) is 4.18. The van der Waals surface area contributed by atoms with E-state index in [4.69, 9.17) is 9.84 Å². The van der Waals surface area contributed by atoms with Crippen molar-refractivity contribution in [3.05, 3.63) is 0 Å². The minimum Gasteiger partial charge on any atom is -0.480 e. The maximum atomic E-state index is 12.4. The summed E-state index contributed by atoms with van der Waals surface area (Å²) in [5.41, 5.74) is 0. The van der Waals surface area contributed by atoms with Crippen molar-refractivity contribution in [2.45, 2.75) is 52.2 Å². The van der Waals surface area contributed by atoms with Crippen molar-refractivity contribution < 1.29 is 23.8 Å². The lowest BCUT2D eigenvalue weighted by Crippen LogP contribution is -2.45. The molecule has 0 radical (unpaired) electrons. The van der Waals surface area contributed by atoms with Crippen molar-refractivity contribution in [1.82, 2.24) is 5.32 Å². The molecule has 1 saturated carbocycles. The van der Waals surface area contributed by atoms with E-state index in [9.17, 15) is 14.0 Å². The highest BCUT2D eigenvalue weighted by Gasteiger charge is 2.32. The Morgan fingerprint density at radius 2 is 2.05 bits per heavy atom. The molecule has 0 bridgehead atoms. The number of halogens is 1. The maximum absolute atomic E-state index is 12.4. The molecule has 0 spiro atoms. The Morgan fingerprint density at radius 1 is 1.38 bits per heavy atom. The zero-order chi connectivity index (χ0) is 16.0. The van der Waals surface area contributed by atoms with Crippen molar-refractivity contribution in [3.8, 4) is 0 Å². The number of nitrogens with one attached hydrogen (secondary N) is 1. The first-order valence-corrected chi connectivity index (χ1v) is 7.54. The Labute approximate surface area is 125 Å². The molecule has 4 atom stereocenters. The summed E-state index contributed by atoms with van der Waals surface area (Å²) in [6.07, 6.45) is 3.15. The SMILES string of the molecule is CC1CCC(C(C)C)C(OCC(=O)NC(CF)C(=O)O)C1. The van der Waals surface area contributed by atoms with Crippen LogP contribution in [-0.2, 0) is 14.3 Å². The number of hydrogen-bond acceptors (Lipinski definition) is 3. The molecule has 1 aliphatic rings. The monoisotopic (exact) mass is 303 g/mol. The van der Waals surface area contributed by atoms with Gasteiger partial charge in [-0.15, -0.1) is 0 Å². The lowest BCUT2D eigenvalue weighted by molar-refractivity contribution is -0.144. The molecule has 122 valence electrons. The van der Waals surface area contributed by atoms with Crippen LogP contribution in [0.5, 0.6) is 0 Å². The van der Waals surface area contributed by atoms with Crippen LogP contribution in [-0.4, -0.2) is 42.4 Å². The molecule has 6 heteroatoms. The summed E-state index contributed by atoms with van der Waals surface area (Å²) in [5, 5.41) is 10.8. The zero-order valence-electron chi connectivity index (χ0n) is 13.0. The van der Waals surface area contributed by atoms with Gasteiger partial charge in [-0.1, -0.05) is 27.2 Å². The molecule has 0 aromatic carbocycles. The highest BCUT2D eigenvalue weighted by atomic mass is 19.1. The van der Waals surface area contributed by atoms with E-state index in [-0.39, 0.29) is 12.7 Å². The van der Waals surface area contributed by atoms with Gasteiger partial charge < -0.3 is 15.2 Å². The number of amides is 1. The second-order valence-corrected chi connectivity index (χ2v) is 6.29. The second-order valence-electron chi connectivity index (χ2n) is 6.29. The number of carboxylic acids is 1. The third kappa shape index (κ3) is 5.61. The van der Waals surface area contributed by atoms with Crippen molar-refractivity contribution in [3.63, 3.8) is 0 Å². The first-order chi connectivity index (χ1) is 9.85. The predicted molar refractivity (Wildman–Crippen MR) is 76.6 cm³/mol. The van der Waals surface area contributed by atoms with Crippen molar-refractivity contribution >= 4 is 11.9 Å². The smallest absolute Gasteiger partial charge is 0.328 e. The van der Waals surface area contributed by atoms with E-state index in [1.807, 2.05) is 0 Å². The highest BCUT2D eigenvalue weighted by Crippen LogP contribution is 2.35. The van der Waals surface area contributed by atoms with Crippen LogP contribution >= 0.6 is 0 Å². The lowest BCUT2D eigenvalue weighted by atomic mass is 9.75. The van der Waals surface area contributed by atoms with E-state index in [0.29, 0.717) is 17.8 Å². The van der Waals surface area contributed by atoms with Crippen LogP contribution in [0.25, 0.3) is 0 Å². The van der Waals surface area contributed by atoms with Crippen LogP contribution in [0.4, 0.5) is 4.39 Å². The number of rotatable bonds is 7. The van der Waals surface area contributed by atoms with Gasteiger partial charge in [-0.05, 0) is 30.6 Å². The van der Waals surface area contributed by atoms with Gasteiger partial charge in [0.05, 0.1) is 6.10 Å². The van der Waals surface area contributed by atoms with E-state index < -0.39 is 24.6 Å². The number of aliphatic carboxylic acids is 1. The molecule has 0 aliphatic heterocycles. The molecule has 5 nitrogen and oxygen atoms in total. The fourth-order valence-corrected chi connectivity index (χ4v) is 2.89. The van der Waals surface area contributed by atoms with Crippen molar-refractivity contribution in [2.24, 2.45) is 17.8 Å². The minimum absolute atomic E-state index is 0.00755. The summed E-state index contributed by atoms with van der Waals surface area (Å²) in [5.74, 6) is -0.516. The molecule has 0 aromatic rings. The molecule has 2 N–H and O–H groups in total. The number of hydrogen-bond donors (Lipinski definition) is 2. The van der Waals surface area contributed by atoms with E-state index in [1.54, 1.807) is 0 Å². The summed E-state index contributed by atoms with van der Waals surface area (Å²) in [7, 11) is 0. The quantitative estimate of drug-likeness (QED) is 0.754. The Morgan fingerprint density at radius 3 is 2.57 bits per heavy atom. The van der Waals surface area contributed by atoms with Crippen molar-refractivity contribution in [1.29, 1.82) is 0 Å². The molecule has 4 unspecified atom stereocenters. The molecule has 0 heterocycles. The summed E-state index contributed by atoms with van der Waals surface area (Å²) < 4.78 is 18.1. The zero-order valence-corrected chi connectivity index (χ0v) is 13.0. The van der Waals surface area contributed by atoms with E-state index in [2.05, 4.69) is 26.1 Å². The van der Waals surface area contributed by atoms with Crippen LogP contribution in [0.3, 0.4) is 0 Å². The van der Waals surface area contributed by atoms with E-state index in [0.717, 1.165) is 19.3 Å². The molecular formula is C15H26FNO4. The summed E-state index contributed by atoms with van der Waals surface area (Å²) in [6, 6.07) is -1.49. The van der Waals surface area contributed by atoms with Gasteiger partial charge in [0.2, 0.25) is 5.91 Å². The number of ether oxygens (including phenoxy) is 1. The Kier molecular flexibility index (Phi) is 7.08. The van der Waals surface area contributed by atoms with Crippen LogP contribution in [0.1, 0.15) is 40.0 Å². The van der Waals surface area contributed by atoms with Gasteiger partial charge in [0, 0.05) is 0 Å². The van der Waals surface area contributed by atoms with Gasteiger partial charge in [0.15, 0.2) is 6.04 Å². The Balaban J connectivity index is 2.47. The molecule has 0 saturated heterocycles. The Bertz CT molecular complexity index is 362. The first kappa shape index (κ1) is 17.9. The molecule has 21 heavy (non-hydrogen) atoms. The lowest BCUT2D eigenvalue weighted by Gasteiger charge is -2.37. The molecule has 1 fully saturated rings. The van der Waals surface area contributed by atoms with Gasteiger partial charge >= 0.3 is 5.97 Å². The van der Waals surface area contributed by atoms with Gasteiger partial charge in [-0.2, -0.15) is 0 Å². The second kappa shape index (κ2) is 8.32. The summed E-state index contributed by atoms with van der Waals surface area (Å²) >= 11 is 0. The van der Waals surface area contributed by atoms with Crippen LogP contribution in [0.15, 0.2) is 0 Å². The molecule has 1 amide bonds. The minimum atomic E-state index is -1.49. The van der Waals surface area contributed by atoms with Gasteiger partial charge in [-0.3, -0.25) is 4.79 Å². The normalized spacial score (nSPS) is 27.4. The number of alkyl halides is 1. The Hall–Kier alpha value is -1.17. The van der Waals surface area contributed by atoms with Crippen LogP contribution in [0.2, 0.25) is 0 Å². The van der Waals surface area contributed by atoms with Crippen LogP contribution in [0, 0.1) is 17.8 Å². The highest BCUT2D eigenvalue weighted by molar-refractivity contribution is 5.84. The molecule has 1 rings (SSSR count). The molecule has 0 aromatic heterocycles. The fraction of sp³-hybridized carbons (Fsp3) is 0.867. The summed E-state index contributed by atoms with van der Waals surface area (Å²) in [4.78, 5) is 22.3. The average molecular weight is 303 g/mol. The standard InChI is InChI=1S/C15H26FNO4/c1-9(2)11-5-4-10(3)6-13(11)21-8-14(18)17-12(7-16)15(19)20/h9-13H,4-8H2,1-3H3,(H,17,18)(H,19,20). The predicted octanol–water partition coefficient (Wildman–Crippen LogP) is 2.00. The number of carbonyl (C=O) groups is 2. The van der Waals surface area contributed by atoms with Crippen LogP contribution < -0.4 is 5.32 Å². The van der Waals surface area contributed by atoms with Gasteiger partial charge in [0.25, 0.3) is 0 Å². The van der Waals surface area contributed by atoms with Gasteiger partial charge in [0.1, 0.15) is 13.3 Å². The van der Waals surface area contributed by atoms with Crippen molar-refractivity contribution in [2.75, 3.05) is 13.3 Å². The first-order valence-electron chi connectivity index (χ1n) is 7.54. The summed E-state index contributed by atoms with van der Waals surface area (Å²) in [6.45, 7) is 5.10. The number of carboxylic acid groups (broad SMARTS) is 1. The average Bonchev–Trinajstić information content (AvgIpc) is 2.41. The van der Waals surface area contributed by atoms with E-state index in [1.165, 1.54) is 0 Å². The topological polar surface area (TPSA) is 75.6 Å². The van der Waals surface area contributed by atoms with Gasteiger partial charge in [-0.25, -0.2) is 9.18 Å². The number of carbonyl (C=O) groups excluding carboxylic acids is 1. The van der Waals surface area contributed by atoms with E-state index >= 15 is 0 Å². The maximum Gasteiger partial charge on any atom is 0.328 e. The molecular weight excluding hydrogens is 277 g/mol.